The molecular weight excluding hydrogens is 282 g/mol. The standard InChI is InChI=1S/C17H25NO4/c1-14-4-3-5-15(12-14)22-11-8-18(2)16(20)17(13-19)6-9-21-10-7-17/h3-5,12,19H,6-11,13H2,1-2H3. The Morgan fingerprint density at radius 2 is 2.14 bits per heavy atom. The van der Waals surface area contributed by atoms with Crippen LogP contribution in [0.3, 0.4) is 0 Å². The van der Waals surface area contributed by atoms with Crippen molar-refractivity contribution in [2.24, 2.45) is 5.41 Å². The van der Waals surface area contributed by atoms with Gasteiger partial charge in [-0.3, -0.25) is 4.79 Å². The van der Waals surface area contributed by atoms with E-state index in [1.165, 1.54) is 0 Å². The normalized spacial score (nSPS) is 17.0. The van der Waals surface area contributed by atoms with Crippen LogP contribution in [0, 0.1) is 12.3 Å². The van der Waals surface area contributed by atoms with Crippen molar-refractivity contribution in [1.82, 2.24) is 4.90 Å². The number of likely N-dealkylation sites (N-methyl/N-ethyl adjacent to an activating group) is 1. The zero-order chi connectivity index (χ0) is 16.0. The number of ether oxygens (including phenoxy) is 2. The number of aliphatic hydroxyl groups excluding tert-OH is 1. The molecule has 1 amide bonds. The minimum Gasteiger partial charge on any atom is -0.492 e. The monoisotopic (exact) mass is 307 g/mol. The molecule has 0 radical (unpaired) electrons. The molecule has 1 fully saturated rings. The Morgan fingerprint density at radius 1 is 1.41 bits per heavy atom. The molecule has 22 heavy (non-hydrogen) atoms. The van der Waals surface area contributed by atoms with E-state index in [0.29, 0.717) is 39.2 Å². The van der Waals surface area contributed by atoms with Crippen molar-refractivity contribution in [3.8, 4) is 5.75 Å². The summed E-state index contributed by atoms with van der Waals surface area (Å²) in [4.78, 5) is 14.3. The topological polar surface area (TPSA) is 59.0 Å². The van der Waals surface area contributed by atoms with Gasteiger partial charge in [-0.25, -0.2) is 0 Å². The number of hydrogen-bond acceptors (Lipinski definition) is 4. The predicted molar refractivity (Wildman–Crippen MR) is 83.9 cm³/mol. The lowest BCUT2D eigenvalue weighted by atomic mass is 9.79. The van der Waals surface area contributed by atoms with Gasteiger partial charge >= 0.3 is 0 Å². The third kappa shape index (κ3) is 3.99. The highest BCUT2D eigenvalue weighted by Crippen LogP contribution is 2.31. The summed E-state index contributed by atoms with van der Waals surface area (Å²) in [6.07, 6.45) is 1.15. The van der Waals surface area contributed by atoms with Gasteiger partial charge in [0.2, 0.25) is 5.91 Å². The highest BCUT2D eigenvalue weighted by Gasteiger charge is 2.41. The van der Waals surface area contributed by atoms with Gasteiger partial charge in [0.1, 0.15) is 12.4 Å². The largest absolute Gasteiger partial charge is 0.492 e. The number of aliphatic hydroxyl groups is 1. The molecule has 5 heteroatoms. The molecule has 0 bridgehead atoms. The predicted octanol–water partition coefficient (Wildman–Crippen LogP) is 1.62. The van der Waals surface area contributed by atoms with Gasteiger partial charge in [0.05, 0.1) is 18.6 Å². The third-order valence-corrected chi connectivity index (χ3v) is 4.24. The van der Waals surface area contributed by atoms with E-state index in [1.54, 1.807) is 11.9 Å². The van der Waals surface area contributed by atoms with Crippen LogP contribution in [-0.4, -0.2) is 55.9 Å². The molecule has 5 nitrogen and oxygen atoms in total. The van der Waals surface area contributed by atoms with Crippen molar-refractivity contribution in [1.29, 1.82) is 0 Å². The van der Waals surface area contributed by atoms with Crippen molar-refractivity contribution < 1.29 is 19.4 Å². The first-order valence-corrected chi connectivity index (χ1v) is 7.71. The molecule has 0 saturated carbocycles. The van der Waals surface area contributed by atoms with Crippen LogP contribution >= 0.6 is 0 Å². The lowest BCUT2D eigenvalue weighted by Crippen LogP contribution is -2.48. The molecule has 0 spiro atoms. The molecule has 1 aliphatic heterocycles. The Hall–Kier alpha value is -1.59. The molecule has 1 saturated heterocycles. The fourth-order valence-corrected chi connectivity index (χ4v) is 2.71. The van der Waals surface area contributed by atoms with Crippen LogP contribution in [0.2, 0.25) is 0 Å². The van der Waals surface area contributed by atoms with Gasteiger partial charge in [0, 0.05) is 20.3 Å². The minimum atomic E-state index is -0.684. The summed E-state index contributed by atoms with van der Waals surface area (Å²) in [5.41, 5.74) is 0.458. The number of amides is 1. The van der Waals surface area contributed by atoms with Crippen LogP contribution in [0.15, 0.2) is 24.3 Å². The van der Waals surface area contributed by atoms with Gasteiger partial charge in [0.25, 0.3) is 0 Å². The van der Waals surface area contributed by atoms with Gasteiger partial charge < -0.3 is 19.5 Å². The van der Waals surface area contributed by atoms with E-state index in [4.69, 9.17) is 9.47 Å². The SMILES string of the molecule is Cc1cccc(OCCN(C)C(=O)C2(CO)CCOCC2)c1. The first kappa shape index (κ1) is 16.8. The molecule has 1 N–H and O–H groups in total. The molecule has 0 unspecified atom stereocenters. The van der Waals surface area contributed by atoms with E-state index < -0.39 is 5.41 Å². The number of rotatable bonds is 6. The quantitative estimate of drug-likeness (QED) is 0.867. The zero-order valence-corrected chi connectivity index (χ0v) is 13.4. The first-order chi connectivity index (χ1) is 10.6. The van der Waals surface area contributed by atoms with Crippen molar-refractivity contribution in [2.75, 3.05) is 40.0 Å². The number of carbonyl (C=O) groups is 1. The summed E-state index contributed by atoms with van der Waals surface area (Å²) >= 11 is 0. The summed E-state index contributed by atoms with van der Waals surface area (Å²) in [5.74, 6) is 0.787. The second-order valence-electron chi connectivity index (χ2n) is 5.94. The highest BCUT2D eigenvalue weighted by atomic mass is 16.5. The molecular formula is C17H25NO4. The summed E-state index contributed by atoms with van der Waals surface area (Å²) in [6.45, 7) is 3.87. The number of benzene rings is 1. The second-order valence-corrected chi connectivity index (χ2v) is 5.94. The Labute approximate surface area is 131 Å². The zero-order valence-electron chi connectivity index (χ0n) is 13.4. The molecule has 122 valence electrons. The van der Waals surface area contributed by atoms with E-state index in [-0.39, 0.29) is 12.5 Å². The third-order valence-electron chi connectivity index (χ3n) is 4.24. The molecule has 2 rings (SSSR count). The first-order valence-electron chi connectivity index (χ1n) is 7.71. The number of hydrogen-bond donors (Lipinski definition) is 1. The fourth-order valence-electron chi connectivity index (χ4n) is 2.71. The maximum atomic E-state index is 12.6. The van der Waals surface area contributed by atoms with Crippen molar-refractivity contribution >= 4 is 5.91 Å². The molecule has 1 aliphatic rings. The van der Waals surface area contributed by atoms with E-state index in [2.05, 4.69) is 0 Å². The Morgan fingerprint density at radius 3 is 2.77 bits per heavy atom. The molecule has 1 aromatic rings. The number of carbonyl (C=O) groups excluding carboxylic acids is 1. The maximum absolute atomic E-state index is 12.6. The second kappa shape index (κ2) is 7.61. The molecule has 0 aromatic heterocycles. The summed E-state index contributed by atoms with van der Waals surface area (Å²) in [7, 11) is 1.76. The van der Waals surface area contributed by atoms with Crippen molar-refractivity contribution in [3.05, 3.63) is 29.8 Å². The molecule has 0 atom stereocenters. The lowest BCUT2D eigenvalue weighted by Gasteiger charge is -2.37. The fraction of sp³-hybridized carbons (Fsp3) is 0.588. The summed E-state index contributed by atoms with van der Waals surface area (Å²) < 4.78 is 11.0. The van der Waals surface area contributed by atoms with Crippen molar-refractivity contribution in [3.63, 3.8) is 0 Å². The average Bonchev–Trinajstić information content (AvgIpc) is 2.54. The van der Waals surface area contributed by atoms with Gasteiger partial charge in [-0.15, -0.1) is 0 Å². The van der Waals surface area contributed by atoms with E-state index >= 15 is 0 Å². The van der Waals surface area contributed by atoms with Crippen LogP contribution in [-0.2, 0) is 9.53 Å². The maximum Gasteiger partial charge on any atom is 0.231 e. The lowest BCUT2D eigenvalue weighted by molar-refractivity contribution is -0.150. The van der Waals surface area contributed by atoms with E-state index in [0.717, 1.165) is 11.3 Å². The molecule has 0 aliphatic carbocycles. The van der Waals surface area contributed by atoms with Gasteiger partial charge in [-0.2, -0.15) is 0 Å². The van der Waals surface area contributed by atoms with Crippen LogP contribution in [0.25, 0.3) is 0 Å². The van der Waals surface area contributed by atoms with Crippen LogP contribution in [0.1, 0.15) is 18.4 Å². The minimum absolute atomic E-state index is 0.0221. The van der Waals surface area contributed by atoms with E-state index in [9.17, 15) is 9.90 Å². The van der Waals surface area contributed by atoms with E-state index in [1.807, 2.05) is 31.2 Å². The molecule has 1 aromatic carbocycles. The average molecular weight is 307 g/mol. The smallest absolute Gasteiger partial charge is 0.231 e. The van der Waals surface area contributed by atoms with Gasteiger partial charge in [0.15, 0.2) is 0 Å². The molecule has 1 heterocycles. The van der Waals surface area contributed by atoms with Crippen LogP contribution < -0.4 is 4.74 Å². The number of aryl methyl sites for hydroxylation is 1. The van der Waals surface area contributed by atoms with Crippen LogP contribution in [0.4, 0.5) is 0 Å². The Bertz CT molecular complexity index is 497. The Balaban J connectivity index is 1.85. The van der Waals surface area contributed by atoms with Crippen molar-refractivity contribution in [2.45, 2.75) is 19.8 Å². The highest BCUT2D eigenvalue weighted by molar-refractivity contribution is 5.82. The Kier molecular flexibility index (Phi) is 5.80. The van der Waals surface area contributed by atoms with Gasteiger partial charge in [-0.05, 0) is 37.5 Å². The summed E-state index contributed by atoms with van der Waals surface area (Å²) in [6, 6.07) is 7.83. The van der Waals surface area contributed by atoms with Gasteiger partial charge in [-0.1, -0.05) is 12.1 Å². The summed E-state index contributed by atoms with van der Waals surface area (Å²) in [5, 5.41) is 9.66. The number of nitrogens with zero attached hydrogens (tertiary/aromatic N) is 1. The van der Waals surface area contributed by atoms with Crippen LogP contribution in [0.5, 0.6) is 5.75 Å².